The summed E-state index contributed by atoms with van der Waals surface area (Å²) in [5, 5.41) is 18.0. The largest absolute Gasteiger partial charge is 0.324 e. The number of thiazole rings is 1. The first-order valence-electron chi connectivity index (χ1n) is 10.0. The van der Waals surface area contributed by atoms with Gasteiger partial charge in [0.1, 0.15) is 0 Å². The summed E-state index contributed by atoms with van der Waals surface area (Å²) < 4.78 is 0. The van der Waals surface area contributed by atoms with Crippen molar-refractivity contribution < 1.29 is 9.72 Å². The predicted molar refractivity (Wildman–Crippen MR) is 128 cm³/mol. The van der Waals surface area contributed by atoms with E-state index < -0.39 is 4.92 Å². The highest BCUT2D eigenvalue weighted by Crippen LogP contribution is 2.35. The molecule has 7 nitrogen and oxygen atoms in total. The first-order valence-corrected chi connectivity index (χ1v) is 11.7. The minimum absolute atomic E-state index is 0.0111. The second-order valence-electron chi connectivity index (χ2n) is 7.60. The summed E-state index contributed by atoms with van der Waals surface area (Å²) in [6.45, 7) is 2.81. The van der Waals surface area contributed by atoms with Crippen molar-refractivity contribution in [2.45, 2.75) is 25.7 Å². The van der Waals surface area contributed by atoms with E-state index in [1.807, 2.05) is 17.5 Å². The number of piperidine rings is 1. The maximum Gasteiger partial charge on any atom is 0.321 e. The molecule has 32 heavy (non-hydrogen) atoms. The lowest BCUT2D eigenvalue weighted by molar-refractivity contribution is -0.385. The molecular formula is C22H20Cl2N4O3S. The van der Waals surface area contributed by atoms with Gasteiger partial charge in [0.2, 0.25) is 0 Å². The van der Waals surface area contributed by atoms with E-state index in [1.54, 1.807) is 41.4 Å². The number of nitro benzene ring substituents is 1. The minimum Gasteiger partial charge on any atom is -0.324 e. The van der Waals surface area contributed by atoms with Crippen molar-refractivity contribution in [3.63, 3.8) is 0 Å². The zero-order valence-electron chi connectivity index (χ0n) is 17.2. The number of halogens is 2. The second kappa shape index (κ2) is 9.44. The highest BCUT2D eigenvalue weighted by molar-refractivity contribution is 7.10. The Morgan fingerprint density at radius 2 is 1.97 bits per heavy atom. The number of amides is 2. The van der Waals surface area contributed by atoms with Crippen molar-refractivity contribution in [3.8, 4) is 11.3 Å². The van der Waals surface area contributed by atoms with Gasteiger partial charge in [0, 0.05) is 36.0 Å². The molecule has 0 bridgehead atoms. The van der Waals surface area contributed by atoms with E-state index in [1.165, 1.54) is 6.07 Å². The molecule has 1 aliphatic heterocycles. The lowest BCUT2D eigenvalue weighted by Gasteiger charge is -2.31. The molecule has 166 valence electrons. The van der Waals surface area contributed by atoms with E-state index in [0.717, 1.165) is 29.1 Å². The molecule has 0 unspecified atom stereocenters. The maximum absolute atomic E-state index is 12.7. The van der Waals surface area contributed by atoms with Crippen LogP contribution in [0.4, 0.5) is 16.2 Å². The first kappa shape index (κ1) is 22.5. The molecule has 2 aromatic carbocycles. The fourth-order valence-corrected chi connectivity index (χ4v) is 5.04. The molecule has 1 saturated heterocycles. The van der Waals surface area contributed by atoms with Gasteiger partial charge in [-0.05, 0) is 38.0 Å². The van der Waals surface area contributed by atoms with Crippen molar-refractivity contribution in [2.75, 3.05) is 18.4 Å². The van der Waals surface area contributed by atoms with Crippen molar-refractivity contribution >= 4 is 51.9 Å². The Labute approximate surface area is 199 Å². The Balaban J connectivity index is 1.38. The fraction of sp³-hybridized carbons (Fsp3) is 0.273. The van der Waals surface area contributed by atoms with E-state index in [0.29, 0.717) is 34.4 Å². The smallest absolute Gasteiger partial charge is 0.321 e. The molecule has 1 fully saturated rings. The lowest BCUT2D eigenvalue weighted by Crippen LogP contribution is -2.40. The molecule has 4 rings (SSSR count). The van der Waals surface area contributed by atoms with Crippen LogP contribution in [0.2, 0.25) is 10.0 Å². The van der Waals surface area contributed by atoms with Gasteiger partial charge in [0.25, 0.3) is 5.69 Å². The van der Waals surface area contributed by atoms with Gasteiger partial charge < -0.3 is 10.2 Å². The molecule has 1 N–H and O–H groups in total. The molecule has 3 aromatic rings. The number of carbonyl (C=O) groups excluding carboxylic acids is 1. The van der Waals surface area contributed by atoms with Gasteiger partial charge in [-0.2, -0.15) is 0 Å². The average Bonchev–Trinajstić information content (AvgIpc) is 3.27. The Morgan fingerprint density at radius 1 is 1.22 bits per heavy atom. The Morgan fingerprint density at radius 3 is 2.66 bits per heavy atom. The van der Waals surface area contributed by atoms with Crippen molar-refractivity contribution in [3.05, 3.63) is 72.5 Å². The molecule has 0 spiro atoms. The van der Waals surface area contributed by atoms with Crippen LogP contribution in [-0.4, -0.2) is 33.9 Å². The van der Waals surface area contributed by atoms with Crippen LogP contribution in [-0.2, 0) is 0 Å². The van der Waals surface area contributed by atoms with Crippen LogP contribution in [0, 0.1) is 17.0 Å². The zero-order chi connectivity index (χ0) is 22.8. The van der Waals surface area contributed by atoms with Crippen molar-refractivity contribution in [1.29, 1.82) is 0 Å². The Hall–Kier alpha value is -2.68. The lowest BCUT2D eigenvalue weighted by atomic mass is 9.98. The van der Waals surface area contributed by atoms with Gasteiger partial charge >= 0.3 is 6.03 Å². The number of nitrogens with zero attached hydrogens (tertiary/aromatic N) is 3. The molecule has 10 heteroatoms. The SMILES string of the molecule is Cc1c(NC(=O)N2CCC(c3nc(-c4ccc(Cl)c(Cl)c4)cs3)CC2)cccc1[N+](=O)[O-]. The summed E-state index contributed by atoms with van der Waals surface area (Å²) in [5.41, 5.74) is 2.68. The monoisotopic (exact) mass is 490 g/mol. The Kier molecular flexibility index (Phi) is 6.64. The number of carbonyl (C=O) groups is 1. The molecule has 1 aliphatic rings. The summed E-state index contributed by atoms with van der Waals surface area (Å²) >= 11 is 13.7. The first-order chi connectivity index (χ1) is 15.3. The van der Waals surface area contributed by atoms with E-state index in [9.17, 15) is 14.9 Å². The molecular weight excluding hydrogens is 471 g/mol. The van der Waals surface area contributed by atoms with Crippen LogP contribution in [0.5, 0.6) is 0 Å². The van der Waals surface area contributed by atoms with Gasteiger partial charge in [-0.25, -0.2) is 9.78 Å². The highest BCUT2D eigenvalue weighted by Gasteiger charge is 2.26. The van der Waals surface area contributed by atoms with Crippen molar-refractivity contribution in [1.82, 2.24) is 9.88 Å². The number of urea groups is 1. The van der Waals surface area contributed by atoms with E-state index >= 15 is 0 Å². The van der Waals surface area contributed by atoms with E-state index in [-0.39, 0.29) is 17.6 Å². The van der Waals surface area contributed by atoms with E-state index in [2.05, 4.69) is 5.32 Å². The summed E-state index contributed by atoms with van der Waals surface area (Å²) in [6, 6.07) is 9.90. The average molecular weight is 491 g/mol. The molecule has 0 radical (unpaired) electrons. The fourth-order valence-electron chi connectivity index (χ4n) is 3.74. The second-order valence-corrected chi connectivity index (χ2v) is 9.30. The molecule has 2 amide bonds. The van der Waals surface area contributed by atoms with Gasteiger partial charge in [0.05, 0.1) is 36.9 Å². The molecule has 0 atom stereocenters. The molecule has 1 aromatic heterocycles. The Bertz CT molecular complexity index is 1180. The van der Waals surface area contributed by atoms with Crippen LogP contribution in [0.15, 0.2) is 41.8 Å². The molecule has 0 aliphatic carbocycles. The van der Waals surface area contributed by atoms with Crippen LogP contribution < -0.4 is 5.32 Å². The third-order valence-corrected chi connectivity index (χ3v) is 7.36. The third kappa shape index (κ3) is 4.72. The topological polar surface area (TPSA) is 88.4 Å². The number of hydrogen-bond donors (Lipinski definition) is 1. The minimum atomic E-state index is -0.448. The molecule has 0 saturated carbocycles. The standard InChI is InChI=1S/C22H20Cl2N4O3S/c1-13-18(3-2-4-20(13)28(30)31)26-22(29)27-9-7-14(8-10-27)21-25-19(12-32-21)15-5-6-16(23)17(24)11-15/h2-6,11-12,14H,7-10H2,1H3,(H,26,29). The number of benzene rings is 2. The van der Waals surface area contributed by atoms with Gasteiger partial charge in [-0.1, -0.05) is 35.3 Å². The van der Waals surface area contributed by atoms with Gasteiger partial charge in [0.15, 0.2) is 0 Å². The third-order valence-electron chi connectivity index (χ3n) is 5.61. The zero-order valence-corrected chi connectivity index (χ0v) is 19.5. The van der Waals surface area contributed by atoms with Gasteiger partial charge in [-0.3, -0.25) is 10.1 Å². The maximum atomic E-state index is 12.7. The number of aromatic nitrogens is 1. The van der Waals surface area contributed by atoms with Crippen LogP contribution in [0.1, 0.15) is 29.3 Å². The number of nitrogens with one attached hydrogen (secondary N) is 1. The molecule has 2 heterocycles. The number of likely N-dealkylation sites (tertiary alicyclic amines) is 1. The van der Waals surface area contributed by atoms with Crippen LogP contribution in [0.25, 0.3) is 11.3 Å². The van der Waals surface area contributed by atoms with Crippen LogP contribution >= 0.6 is 34.5 Å². The van der Waals surface area contributed by atoms with E-state index in [4.69, 9.17) is 28.2 Å². The summed E-state index contributed by atoms with van der Waals surface area (Å²) in [7, 11) is 0. The highest BCUT2D eigenvalue weighted by atomic mass is 35.5. The van der Waals surface area contributed by atoms with Crippen molar-refractivity contribution in [2.24, 2.45) is 0 Å². The number of hydrogen-bond acceptors (Lipinski definition) is 5. The number of nitro groups is 1. The van der Waals surface area contributed by atoms with Crippen LogP contribution in [0.3, 0.4) is 0 Å². The number of rotatable bonds is 4. The summed E-state index contributed by atoms with van der Waals surface area (Å²) in [6.07, 6.45) is 1.60. The summed E-state index contributed by atoms with van der Waals surface area (Å²) in [4.78, 5) is 29.9. The normalized spacial score (nSPS) is 14.4. The quantitative estimate of drug-likeness (QED) is 0.323. The summed E-state index contributed by atoms with van der Waals surface area (Å²) in [5.74, 6) is 0.278. The van der Waals surface area contributed by atoms with Gasteiger partial charge in [-0.15, -0.1) is 11.3 Å². The predicted octanol–water partition coefficient (Wildman–Crippen LogP) is 6.75. The number of anilines is 1.